The highest BCUT2D eigenvalue weighted by atomic mass is 32.2. The smallest absolute Gasteiger partial charge is 0.338 e. The standard InChI is InChI=1S/C18H18N2O6S/c1-19-17(22)13-4-3-5-14(10-13)20-16(21)11-26-18(23)12-6-8-15(9-7-12)27(2,24)25/h3-10H,11H2,1-2H3,(H,19,22)(H,20,21). The zero-order chi connectivity index (χ0) is 20.0. The number of ether oxygens (including phenoxy) is 1. The molecule has 0 spiro atoms. The average Bonchev–Trinajstić information content (AvgIpc) is 2.65. The number of carbonyl (C=O) groups is 3. The van der Waals surface area contributed by atoms with Gasteiger partial charge in [-0.15, -0.1) is 0 Å². The van der Waals surface area contributed by atoms with E-state index >= 15 is 0 Å². The Hall–Kier alpha value is -3.20. The van der Waals surface area contributed by atoms with Crippen LogP contribution in [-0.2, 0) is 19.4 Å². The fraction of sp³-hybridized carbons (Fsp3) is 0.167. The number of esters is 1. The van der Waals surface area contributed by atoms with E-state index in [4.69, 9.17) is 4.74 Å². The van der Waals surface area contributed by atoms with Crippen LogP contribution in [0.1, 0.15) is 20.7 Å². The summed E-state index contributed by atoms with van der Waals surface area (Å²) in [5.41, 5.74) is 0.879. The highest BCUT2D eigenvalue weighted by Gasteiger charge is 2.13. The van der Waals surface area contributed by atoms with Crippen molar-refractivity contribution in [2.24, 2.45) is 0 Å². The second-order valence-corrected chi connectivity index (χ2v) is 7.60. The van der Waals surface area contributed by atoms with E-state index in [1.807, 2.05) is 0 Å². The molecule has 0 heterocycles. The van der Waals surface area contributed by atoms with Crippen LogP contribution in [0.3, 0.4) is 0 Å². The van der Waals surface area contributed by atoms with E-state index in [0.717, 1.165) is 6.26 Å². The second-order valence-electron chi connectivity index (χ2n) is 5.58. The van der Waals surface area contributed by atoms with Gasteiger partial charge in [0, 0.05) is 24.6 Å². The second kappa shape index (κ2) is 8.45. The molecule has 0 radical (unpaired) electrons. The molecule has 0 aliphatic heterocycles. The molecule has 0 atom stereocenters. The minimum absolute atomic E-state index is 0.0767. The summed E-state index contributed by atoms with van der Waals surface area (Å²) in [6.07, 6.45) is 1.06. The maximum Gasteiger partial charge on any atom is 0.338 e. The third kappa shape index (κ3) is 5.65. The normalized spacial score (nSPS) is 10.7. The predicted molar refractivity (Wildman–Crippen MR) is 98.3 cm³/mol. The lowest BCUT2D eigenvalue weighted by molar-refractivity contribution is -0.119. The molecule has 0 aliphatic carbocycles. The summed E-state index contributed by atoms with van der Waals surface area (Å²) in [4.78, 5) is 35.5. The molecule has 2 amide bonds. The Balaban J connectivity index is 1.93. The molecule has 142 valence electrons. The zero-order valence-electron chi connectivity index (χ0n) is 14.7. The summed E-state index contributed by atoms with van der Waals surface area (Å²) in [5.74, 6) is -1.63. The van der Waals surface area contributed by atoms with Crippen LogP contribution in [0, 0.1) is 0 Å². The third-order valence-electron chi connectivity index (χ3n) is 3.49. The summed E-state index contributed by atoms with van der Waals surface area (Å²) >= 11 is 0. The van der Waals surface area contributed by atoms with Crippen molar-refractivity contribution in [1.82, 2.24) is 5.32 Å². The van der Waals surface area contributed by atoms with Gasteiger partial charge < -0.3 is 15.4 Å². The van der Waals surface area contributed by atoms with Crippen molar-refractivity contribution in [3.8, 4) is 0 Å². The Morgan fingerprint density at radius 3 is 2.26 bits per heavy atom. The number of benzene rings is 2. The van der Waals surface area contributed by atoms with Gasteiger partial charge in [0.25, 0.3) is 11.8 Å². The van der Waals surface area contributed by atoms with Crippen LogP contribution >= 0.6 is 0 Å². The van der Waals surface area contributed by atoms with Gasteiger partial charge in [0.2, 0.25) is 0 Å². The molecule has 2 rings (SSSR count). The predicted octanol–water partition coefficient (Wildman–Crippen LogP) is 1.25. The molecule has 0 bridgehead atoms. The number of rotatable bonds is 6. The van der Waals surface area contributed by atoms with Crippen LogP contribution in [0.2, 0.25) is 0 Å². The Morgan fingerprint density at radius 1 is 1.00 bits per heavy atom. The number of hydrogen-bond acceptors (Lipinski definition) is 6. The lowest BCUT2D eigenvalue weighted by Crippen LogP contribution is -2.22. The molecular formula is C18H18N2O6S. The molecule has 0 saturated heterocycles. The van der Waals surface area contributed by atoms with Gasteiger partial charge in [-0.1, -0.05) is 6.07 Å². The first-order valence-corrected chi connectivity index (χ1v) is 9.69. The van der Waals surface area contributed by atoms with Gasteiger partial charge in [0.05, 0.1) is 10.5 Å². The molecule has 9 heteroatoms. The van der Waals surface area contributed by atoms with E-state index in [2.05, 4.69) is 10.6 Å². The van der Waals surface area contributed by atoms with Crippen molar-refractivity contribution in [2.75, 3.05) is 25.2 Å². The van der Waals surface area contributed by atoms with Gasteiger partial charge in [-0.2, -0.15) is 0 Å². The van der Waals surface area contributed by atoms with Crippen molar-refractivity contribution < 1.29 is 27.5 Å². The molecule has 0 aliphatic rings. The van der Waals surface area contributed by atoms with Crippen LogP contribution in [0.15, 0.2) is 53.4 Å². The first-order chi connectivity index (χ1) is 12.7. The highest BCUT2D eigenvalue weighted by molar-refractivity contribution is 7.90. The summed E-state index contributed by atoms with van der Waals surface area (Å²) in [6.45, 7) is -0.531. The largest absolute Gasteiger partial charge is 0.452 e. The van der Waals surface area contributed by atoms with Crippen LogP contribution < -0.4 is 10.6 Å². The topological polar surface area (TPSA) is 119 Å². The van der Waals surface area contributed by atoms with E-state index in [-0.39, 0.29) is 16.4 Å². The van der Waals surface area contributed by atoms with Crippen molar-refractivity contribution in [1.29, 1.82) is 0 Å². The maximum atomic E-state index is 11.9. The van der Waals surface area contributed by atoms with E-state index in [9.17, 15) is 22.8 Å². The average molecular weight is 390 g/mol. The fourth-order valence-corrected chi connectivity index (χ4v) is 2.76. The summed E-state index contributed by atoms with van der Waals surface area (Å²) in [7, 11) is -1.87. The van der Waals surface area contributed by atoms with Crippen molar-refractivity contribution in [2.45, 2.75) is 4.90 Å². The fourth-order valence-electron chi connectivity index (χ4n) is 2.13. The van der Waals surface area contributed by atoms with E-state index in [0.29, 0.717) is 11.3 Å². The Labute approximate surface area is 156 Å². The number of hydrogen-bond donors (Lipinski definition) is 2. The Morgan fingerprint density at radius 2 is 1.67 bits per heavy atom. The van der Waals surface area contributed by atoms with E-state index in [1.165, 1.54) is 37.4 Å². The Kier molecular flexibility index (Phi) is 6.30. The van der Waals surface area contributed by atoms with Gasteiger partial charge in [-0.3, -0.25) is 9.59 Å². The molecule has 2 N–H and O–H groups in total. The molecule has 0 saturated carbocycles. The zero-order valence-corrected chi connectivity index (χ0v) is 15.5. The molecular weight excluding hydrogens is 372 g/mol. The van der Waals surface area contributed by atoms with Crippen LogP contribution in [0.5, 0.6) is 0 Å². The van der Waals surface area contributed by atoms with Crippen LogP contribution in [0.25, 0.3) is 0 Å². The lowest BCUT2D eigenvalue weighted by Gasteiger charge is -2.08. The van der Waals surface area contributed by atoms with Crippen molar-refractivity contribution in [3.05, 3.63) is 59.7 Å². The minimum atomic E-state index is -3.36. The third-order valence-corrected chi connectivity index (χ3v) is 4.62. The first-order valence-electron chi connectivity index (χ1n) is 7.80. The number of amides is 2. The van der Waals surface area contributed by atoms with Crippen LogP contribution in [0.4, 0.5) is 5.69 Å². The van der Waals surface area contributed by atoms with Gasteiger partial charge in [-0.25, -0.2) is 13.2 Å². The molecule has 8 nitrogen and oxygen atoms in total. The van der Waals surface area contributed by atoms with E-state index < -0.39 is 28.3 Å². The maximum absolute atomic E-state index is 11.9. The molecule has 0 fully saturated rings. The SMILES string of the molecule is CNC(=O)c1cccc(NC(=O)COC(=O)c2ccc(S(C)(=O)=O)cc2)c1. The van der Waals surface area contributed by atoms with Gasteiger partial charge in [0.1, 0.15) is 0 Å². The summed E-state index contributed by atoms with van der Waals surface area (Å²) in [5, 5.41) is 5.00. The van der Waals surface area contributed by atoms with Gasteiger partial charge >= 0.3 is 5.97 Å². The number of sulfone groups is 1. The highest BCUT2D eigenvalue weighted by Crippen LogP contribution is 2.12. The lowest BCUT2D eigenvalue weighted by atomic mass is 10.2. The molecule has 2 aromatic rings. The van der Waals surface area contributed by atoms with Crippen molar-refractivity contribution in [3.63, 3.8) is 0 Å². The monoisotopic (exact) mass is 390 g/mol. The summed E-state index contributed by atoms with van der Waals surface area (Å²) in [6, 6.07) is 11.5. The number of nitrogens with one attached hydrogen (secondary N) is 2. The van der Waals surface area contributed by atoms with Gasteiger partial charge in [0.15, 0.2) is 16.4 Å². The summed E-state index contributed by atoms with van der Waals surface area (Å²) < 4.78 is 27.7. The molecule has 27 heavy (non-hydrogen) atoms. The minimum Gasteiger partial charge on any atom is -0.452 e. The van der Waals surface area contributed by atoms with E-state index in [1.54, 1.807) is 18.2 Å². The van der Waals surface area contributed by atoms with Gasteiger partial charge in [-0.05, 0) is 42.5 Å². The molecule has 2 aromatic carbocycles. The number of anilines is 1. The van der Waals surface area contributed by atoms with Crippen LogP contribution in [-0.4, -0.2) is 46.1 Å². The molecule has 0 unspecified atom stereocenters. The first kappa shape index (κ1) is 20.1. The Bertz CT molecular complexity index is 968. The van der Waals surface area contributed by atoms with Crippen molar-refractivity contribution >= 4 is 33.3 Å². The quantitative estimate of drug-likeness (QED) is 0.717. The number of carbonyl (C=O) groups excluding carboxylic acids is 3. The molecule has 0 aromatic heterocycles.